The fraction of sp³-hybridized carbons (Fsp3) is 0.259. The first kappa shape index (κ1) is 20.6. The maximum Gasteiger partial charge on any atom is 0.398 e. The van der Waals surface area contributed by atoms with Crippen LogP contribution in [-0.2, 0) is 10.2 Å². The van der Waals surface area contributed by atoms with Gasteiger partial charge in [0.25, 0.3) is 0 Å². The van der Waals surface area contributed by atoms with E-state index in [2.05, 4.69) is 19.1 Å². The number of rotatable bonds is 5. The van der Waals surface area contributed by atoms with E-state index in [1.54, 1.807) is 0 Å². The number of hydrogen-bond donors (Lipinski definition) is 0. The Balaban J connectivity index is 1.82. The summed E-state index contributed by atoms with van der Waals surface area (Å²) in [5.74, 6) is 0.169. The molecule has 1 aliphatic carbocycles. The van der Waals surface area contributed by atoms with E-state index in [1.807, 2.05) is 83.6 Å². The van der Waals surface area contributed by atoms with Crippen LogP contribution in [0.2, 0.25) is 5.02 Å². The van der Waals surface area contributed by atoms with E-state index in [4.69, 9.17) is 11.6 Å². The molecular weight excluding hydrogens is 390 g/mol. The van der Waals surface area contributed by atoms with Crippen LogP contribution in [0.15, 0.2) is 84.9 Å². The van der Waals surface area contributed by atoms with E-state index < -0.39 is 5.41 Å². The van der Waals surface area contributed by atoms with Crippen LogP contribution in [0.5, 0.6) is 0 Å². The van der Waals surface area contributed by atoms with Gasteiger partial charge in [-0.3, -0.25) is 0 Å². The summed E-state index contributed by atoms with van der Waals surface area (Å²) < 4.78 is 1.95. The van der Waals surface area contributed by atoms with Gasteiger partial charge >= 0.3 is 5.91 Å². The summed E-state index contributed by atoms with van der Waals surface area (Å²) in [5, 5.41) is 0.699. The van der Waals surface area contributed by atoms with Gasteiger partial charge in [-0.25, -0.2) is 4.79 Å². The third kappa shape index (κ3) is 4.11. The van der Waals surface area contributed by atoms with Gasteiger partial charge in [0.15, 0.2) is 12.3 Å². The zero-order valence-electron chi connectivity index (χ0n) is 17.3. The van der Waals surface area contributed by atoms with Gasteiger partial charge in [-0.15, -0.1) is 0 Å². The average molecular weight is 417 g/mol. The number of amides is 1. The summed E-state index contributed by atoms with van der Waals surface area (Å²) in [7, 11) is 0. The lowest BCUT2D eigenvalue weighted by atomic mass is 9.77. The highest BCUT2D eigenvalue weighted by Gasteiger charge is 2.50. The SMILES string of the molecule is C[C@@H](c1ccccc1)[N+](=Cc1ccccc1)C(=O)C1(c2ccc(Cl)cc2)CCCC1. The molecule has 3 heteroatoms. The van der Waals surface area contributed by atoms with Gasteiger partial charge in [-0.1, -0.05) is 85.1 Å². The predicted molar refractivity (Wildman–Crippen MR) is 123 cm³/mol. The first-order valence-corrected chi connectivity index (χ1v) is 11.0. The molecule has 1 amide bonds. The van der Waals surface area contributed by atoms with Gasteiger partial charge < -0.3 is 0 Å². The van der Waals surface area contributed by atoms with Gasteiger partial charge in [0.05, 0.1) is 0 Å². The minimum atomic E-state index is -0.501. The maximum absolute atomic E-state index is 14.2. The van der Waals surface area contributed by atoms with E-state index in [0.29, 0.717) is 5.02 Å². The largest absolute Gasteiger partial charge is 0.398 e. The zero-order chi connectivity index (χ0) is 21.0. The second kappa shape index (κ2) is 8.97. The third-order valence-electron chi connectivity index (χ3n) is 6.28. The predicted octanol–water partition coefficient (Wildman–Crippen LogP) is 6.57. The van der Waals surface area contributed by atoms with Crippen molar-refractivity contribution in [2.75, 3.05) is 0 Å². The number of carbonyl (C=O) groups excluding carboxylic acids is 1. The van der Waals surface area contributed by atoms with Gasteiger partial charge in [-0.2, -0.15) is 4.58 Å². The summed E-state index contributed by atoms with van der Waals surface area (Å²) in [6.07, 6.45) is 5.87. The molecule has 0 heterocycles. The molecule has 0 unspecified atom stereocenters. The standard InChI is InChI=1S/C27H27ClNO/c1-21(23-12-6-3-7-13-23)29(20-22-10-4-2-5-11-22)26(30)27(18-8-9-19-27)24-14-16-25(28)17-15-24/h2-7,10-17,20-21H,8-9,18-19H2,1H3/q+1/t21-/m0/s1. The Hall–Kier alpha value is -2.71. The van der Waals surface area contributed by atoms with E-state index in [-0.39, 0.29) is 11.9 Å². The highest BCUT2D eigenvalue weighted by atomic mass is 35.5. The third-order valence-corrected chi connectivity index (χ3v) is 6.54. The van der Waals surface area contributed by atoms with Gasteiger partial charge in [0, 0.05) is 23.1 Å². The van der Waals surface area contributed by atoms with Crippen LogP contribution in [-0.4, -0.2) is 16.7 Å². The topological polar surface area (TPSA) is 20.1 Å². The van der Waals surface area contributed by atoms with Gasteiger partial charge in [0.2, 0.25) is 0 Å². The first-order chi connectivity index (χ1) is 14.6. The van der Waals surface area contributed by atoms with Crippen LogP contribution in [0.25, 0.3) is 0 Å². The van der Waals surface area contributed by atoms with E-state index >= 15 is 0 Å². The molecule has 1 saturated carbocycles. The molecule has 1 aliphatic rings. The first-order valence-electron chi connectivity index (χ1n) is 10.6. The van der Waals surface area contributed by atoms with Gasteiger partial charge in [-0.05, 0) is 42.7 Å². The Labute approximate surface area is 183 Å². The molecule has 1 fully saturated rings. The Morgan fingerprint density at radius 3 is 2.07 bits per heavy atom. The summed E-state index contributed by atoms with van der Waals surface area (Å²) >= 11 is 6.14. The van der Waals surface area contributed by atoms with E-state index in [9.17, 15) is 4.79 Å². The van der Waals surface area contributed by atoms with Crippen molar-refractivity contribution in [3.05, 3.63) is 107 Å². The Morgan fingerprint density at radius 2 is 1.47 bits per heavy atom. The monoisotopic (exact) mass is 416 g/mol. The van der Waals surface area contributed by atoms with E-state index in [1.165, 1.54) is 0 Å². The second-order valence-electron chi connectivity index (χ2n) is 8.13. The summed E-state index contributed by atoms with van der Waals surface area (Å²) in [4.78, 5) is 14.2. The molecule has 0 radical (unpaired) electrons. The summed E-state index contributed by atoms with van der Waals surface area (Å²) in [6, 6.07) is 28.1. The molecule has 4 rings (SSSR count). The summed E-state index contributed by atoms with van der Waals surface area (Å²) in [5.41, 5.74) is 2.72. The molecule has 3 aromatic carbocycles. The van der Waals surface area contributed by atoms with Crippen molar-refractivity contribution in [2.24, 2.45) is 0 Å². The highest BCUT2D eigenvalue weighted by molar-refractivity contribution is 6.30. The molecule has 3 aromatic rings. The Kier molecular flexibility index (Phi) is 6.15. The van der Waals surface area contributed by atoms with Crippen molar-refractivity contribution in [3.8, 4) is 0 Å². The highest BCUT2D eigenvalue weighted by Crippen LogP contribution is 2.43. The van der Waals surface area contributed by atoms with Crippen molar-refractivity contribution in [1.82, 2.24) is 0 Å². The van der Waals surface area contributed by atoms with Crippen LogP contribution in [0.4, 0.5) is 0 Å². The van der Waals surface area contributed by atoms with Crippen molar-refractivity contribution < 1.29 is 9.37 Å². The number of halogens is 1. The van der Waals surface area contributed by atoms with Crippen molar-refractivity contribution in [3.63, 3.8) is 0 Å². The lowest BCUT2D eigenvalue weighted by Crippen LogP contribution is -2.42. The van der Waals surface area contributed by atoms with Crippen LogP contribution >= 0.6 is 11.6 Å². The summed E-state index contributed by atoms with van der Waals surface area (Å²) in [6.45, 7) is 2.11. The van der Waals surface area contributed by atoms with Crippen molar-refractivity contribution >= 4 is 23.7 Å². The molecule has 0 bridgehead atoms. The fourth-order valence-electron chi connectivity index (χ4n) is 4.56. The Bertz CT molecular complexity index is 1020. The maximum atomic E-state index is 14.2. The molecule has 0 N–H and O–H groups in total. The molecule has 0 aromatic heterocycles. The zero-order valence-corrected chi connectivity index (χ0v) is 18.1. The van der Waals surface area contributed by atoms with Crippen LogP contribution in [0.1, 0.15) is 55.3 Å². The van der Waals surface area contributed by atoms with Crippen LogP contribution in [0, 0.1) is 0 Å². The number of hydrogen-bond acceptors (Lipinski definition) is 1. The molecular formula is C27H27ClNO+. The number of nitrogens with zero attached hydrogens (tertiary/aromatic N) is 1. The minimum absolute atomic E-state index is 0.0660. The van der Waals surface area contributed by atoms with Gasteiger partial charge in [0.1, 0.15) is 5.41 Å². The van der Waals surface area contributed by atoms with Crippen LogP contribution in [0.3, 0.4) is 0 Å². The minimum Gasteiger partial charge on any atom is -0.219 e. The average Bonchev–Trinajstić information content (AvgIpc) is 3.29. The molecule has 30 heavy (non-hydrogen) atoms. The second-order valence-corrected chi connectivity index (χ2v) is 8.57. The molecule has 2 nitrogen and oxygen atoms in total. The van der Waals surface area contributed by atoms with E-state index in [0.717, 1.165) is 42.4 Å². The smallest absolute Gasteiger partial charge is 0.219 e. The fourth-order valence-corrected chi connectivity index (χ4v) is 4.68. The van der Waals surface area contributed by atoms with Crippen molar-refractivity contribution in [2.45, 2.75) is 44.1 Å². The lowest BCUT2D eigenvalue weighted by molar-refractivity contribution is -0.490. The molecule has 152 valence electrons. The molecule has 0 saturated heterocycles. The number of carbonyl (C=O) groups is 1. The molecule has 0 spiro atoms. The molecule has 0 aliphatic heterocycles. The number of benzene rings is 3. The lowest BCUT2D eigenvalue weighted by Gasteiger charge is -2.26. The molecule has 1 atom stereocenters. The van der Waals surface area contributed by atoms with Crippen LogP contribution < -0.4 is 0 Å². The Morgan fingerprint density at radius 1 is 0.900 bits per heavy atom. The normalized spacial score (nSPS) is 16.9. The van der Waals surface area contributed by atoms with Crippen molar-refractivity contribution in [1.29, 1.82) is 0 Å². The quantitative estimate of drug-likeness (QED) is 0.340.